The van der Waals surface area contributed by atoms with Crippen molar-refractivity contribution in [2.24, 2.45) is 5.92 Å². The molecule has 31 heavy (non-hydrogen) atoms. The lowest BCUT2D eigenvalue weighted by Crippen LogP contribution is -2.50. The Hall–Kier alpha value is -1.90. The number of hydrogen-bond acceptors (Lipinski definition) is 2. The van der Waals surface area contributed by atoms with Gasteiger partial charge in [-0.2, -0.15) is 0 Å². The zero-order valence-corrected chi connectivity index (χ0v) is 19.7. The van der Waals surface area contributed by atoms with Gasteiger partial charge in [0.15, 0.2) is 0 Å². The summed E-state index contributed by atoms with van der Waals surface area (Å²) in [6.45, 7) is 8.93. The lowest BCUT2D eigenvalue weighted by Gasteiger charge is -2.30. The van der Waals surface area contributed by atoms with Gasteiger partial charge >= 0.3 is 0 Å². The van der Waals surface area contributed by atoms with Crippen LogP contribution in [0.25, 0.3) is 5.57 Å². The molecule has 2 aliphatic rings. The number of fused-ring (bicyclic) bond motifs is 1. The number of nitrogens with one attached hydrogen (secondary N) is 2. The van der Waals surface area contributed by atoms with Crippen LogP contribution in [-0.2, 0) is 19.3 Å². The zero-order valence-electron chi connectivity index (χ0n) is 19.7. The number of benzene rings is 2. The van der Waals surface area contributed by atoms with Gasteiger partial charge < -0.3 is 0 Å². The number of rotatable bonds is 8. The summed E-state index contributed by atoms with van der Waals surface area (Å²) in [5.41, 5.74) is 8.77. The molecule has 2 N–H and O–H groups in total. The molecular formula is C29H40N2. The summed E-state index contributed by atoms with van der Waals surface area (Å²) in [7, 11) is 0. The molecule has 1 atom stereocenters. The van der Waals surface area contributed by atoms with Gasteiger partial charge in [-0.1, -0.05) is 75.6 Å². The molecule has 1 heterocycles. The average molecular weight is 417 g/mol. The number of hydrogen-bond donors (Lipinski definition) is 2. The molecular weight excluding hydrogens is 376 g/mol. The standard InChI is InChI=1S/C29H40N2/c1-4-5-6-7-8-23-9-11-24(12-10-23)22(3)17-29-30-19-28(20-31-29)26-14-13-25-15-21(2)16-27(25)18-26/h9-14,17-18,21,28-31H,4-8,15-16,19-20H2,1-3H3/b22-17+. The monoisotopic (exact) mass is 416 g/mol. The third kappa shape index (κ3) is 5.87. The predicted octanol–water partition coefficient (Wildman–Crippen LogP) is 6.25. The van der Waals surface area contributed by atoms with Crippen molar-refractivity contribution in [2.75, 3.05) is 13.1 Å². The van der Waals surface area contributed by atoms with Gasteiger partial charge in [-0.05, 0) is 78.0 Å². The van der Waals surface area contributed by atoms with Gasteiger partial charge in [-0.15, -0.1) is 0 Å². The summed E-state index contributed by atoms with van der Waals surface area (Å²) < 4.78 is 0. The SMILES string of the molecule is CCCCCCc1ccc(/C(C)=C/C2NCC(c3ccc4c(c3)CC(C)C4)CN2)cc1. The molecule has 2 aromatic carbocycles. The van der Waals surface area contributed by atoms with E-state index in [4.69, 9.17) is 0 Å². The second-order valence-electron chi connectivity index (χ2n) is 9.89. The molecule has 2 aromatic rings. The quantitative estimate of drug-likeness (QED) is 0.497. The highest BCUT2D eigenvalue weighted by Gasteiger charge is 2.23. The van der Waals surface area contributed by atoms with Gasteiger partial charge in [0.25, 0.3) is 0 Å². The van der Waals surface area contributed by atoms with E-state index in [0.717, 1.165) is 19.0 Å². The first-order valence-electron chi connectivity index (χ1n) is 12.5. The largest absolute Gasteiger partial charge is 0.298 e. The molecule has 166 valence electrons. The third-order valence-corrected chi connectivity index (χ3v) is 7.15. The lowest BCUT2D eigenvalue weighted by atomic mass is 9.93. The molecule has 1 unspecified atom stereocenters. The summed E-state index contributed by atoms with van der Waals surface area (Å²) in [6, 6.07) is 16.4. The Morgan fingerprint density at radius 1 is 0.935 bits per heavy atom. The van der Waals surface area contributed by atoms with E-state index in [2.05, 4.69) is 79.9 Å². The summed E-state index contributed by atoms with van der Waals surface area (Å²) in [4.78, 5) is 0. The van der Waals surface area contributed by atoms with Crippen molar-refractivity contribution in [3.8, 4) is 0 Å². The molecule has 1 aliphatic heterocycles. The van der Waals surface area contributed by atoms with Crippen LogP contribution in [0.4, 0.5) is 0 Å². The minimum atomic E-state index is 0.249. The van der Waals surface area contributed by atoms with E-state index in [0.29, 0.717) is 5.92 Å². The van der Waals surface area contributed by atoms with Crippen LogP contribution < -0.4 is 10.6 Å². The topological polar surface area (TPSA) is 24.1 Å². The fraction of sp³-hybridized carbons (Fsp3) is 0.517. The van der Waals surface area contributed by atoms with Crippen molar-refractivity contribution in [2.45, 2.75) is 77.8 Å². The van der Waals surface area contributed by atoms with Gasteiger partial charge in [0.1, 0.15) is 0 Å². The fourth-order valence-electron chi connectivity index (χ4n) is 5.18. The molecule has 1 aliphatic carbocycles. The Morgan fingerprint density at radius 3 is 2.42 bits per heavy atom. The van der Waals surface area contributed by atoms with Crippen molar-refractivity contribution >= 4 is 5.57 Å². The molecule has 0 aromatic heterocycles. The molecule has 0 radical (unpaired) electrons. The van der Waals surface area contributed by atoms with Crippen LogP contribution in [0.2, 0.25) is 0 Å². The van der Waals surface area contributed by atoms with Crippen molar-refractivity contribution < 1.29 is 0 Å². The maximum atomic E-state index is 3.71. The van der Waals surface area contributed by atoms with Crippen molar-refractivity contribution in [1.29, 1.82) is 0 Å². The van der Waals surface area contributed by atoms with Crippen molar-refractivity contribution in [3.63, 3.8) is 0 Å². The van der Waals surface area contributed by atoms with Crippen molar-refractivity contribution in [3.05, 3.63) is 76.4 Å². The van der Waals surface area contributed by atoms with E-state index < -0.39 is 0 Å². The average Bonchev–Trinajstić information content (AvgIpc) is 3.17. The lowest BCUT2D eigenvalue weighted by molar-refractivity contribution is 0.387. The number of aryl methyl sites for hydroxylation is 1. The zero-order chi connectivity index (χ0) is 21.6. The minimum absolute atomic E-state index is 0.249. The Kier molecular flexibility index (Phi) is 7.63. The van der Waals surface area contributed by atoms with Crippen LogP contribution in [0.5, 0.6) is 0 Å². The highest BCUT2D eigenvalue weighted by Crippen LogP contribution is 2.30. The summed E-state index contributed by atoms with van der Waals surface area (Å²) in [5.74, 6) is 1.36. The fourth-order valence-corrected chi connectivity index (χ4v) is 5.18. The second-order valence-corrected chi connectivity index (χ2v) is 9.89. The molecule has 1 saturated heterocycles. The van der Waals surface area contributed by atoms with Crippen LogP contribution in [0.1, 0.15) is 80.2 Å². The van der Waals surface area contributed by atoms with E-state index in [1.165, 1.54) is 67.2 Å². The minimum Gasteiger partial charge on any atom is -0.298 e. The maximum Gasteiger partial charge on any atom is 0.0770 e. The molecule has 2 nitrogen and oxygen atoms in total. The normalized spacial score (nSPS) is 23.7. The Labute approximate surface area is 189 Å². The molecule has 0 bridgehead atoms. The molecule has 4 rings (SSSR count). The van der Waals surface area contributed by atoms with E-state index in [1.807, 2.05) is 0 Å². The van der Waals surface area contributed by atoms with E-state index in [1.54, 1.807) is 11.1 Å². The van der Waals surface area contributed by atoms with Gasteiger partial charge in [-0.3, -0.25) is 10.6 Å². The molecule has 0 amide bonds. The van der Waals surface area contributed by atoms with Crippen LogP contribution in [0.15, 0.2) is 48.5 Å². The Bertz CT molecular complexity index is 872. The number of unbranched alkanes of at least 4 members (excludes halogenated alkanes) is 3. The summed E-state index contributed by atoms with van der Waals surface area (Å²) in [6.07, 6.45) is 11.6. The molecule has 0 saturated carbocycles. The molecule has 1 fully saturated rings. The summed E-state index contributed by atoms with van der Waals surface area (Å²) in [5, 5.41) is 7.42. The first-order valence-corrected chi connectivity index (χ1v) is 12.5. The van der Waals surface area contributed by atoms with Crippen LogP contribution >= 0.6 is 0 Å². The van der Waals surface area contributed by atoms with Gasteiger partial charge in [0, 0.05) is 19.0 Å². The maximum absolute atomic E-state index is 3.71. The highest BCUT2D eigenvalue weighted by molar-refractivity contribution is 5.64. The Morgan fingerprint density at radius 2 is 1.68 bits per heavy atom. The Balaban J connectivity index is 1.29. The van der Waals surface area contributed by atoms with Gasteiger partial charge in [0.2, 0.25) is 0 Å². The van der Waals surface area contributed by atoms with Crippen LogP contribution in [-0.4, -0.2) is 19.3 Å². The highest BCUT2D eigenvalue weighted by atomic mass is 15.1. The van der Waals surface area contributed by atoms with Crippen LogP contribution in [0.3, 0.4) is 0 Å². The summed E-state index contributed by atoms with van der Waals surface area (Å²) >= 11 is 0. The molecule has 2 heteroatoms. The first-order chi connectivity index (χ1) is 15.1. The third-order valence-electron chi connectivity index (χ3n) is 7.15. The first kappa shape index (κ1) is 22.3. The van der Waals surface area contributed by atoms with Crippen LogP contribution in [0, 0.1) is 5.92 Å². The predicted molar refractivity (Wildman–Crippen MR) is 133 cm³/mol. The van der Waals surface area contributed by atoms with E-state index >= 15 is 0 Å². The van der Waals surface area contributed by atoms with E-state index in [9.17, 15) is 0 Å². The second kappa shape index (κ2) is 10.6. The smallest absolute Gasteiger partial charge is 0.0770 e. The van der Waals surface area contributed by atoms with Gasteiger partial charge in [0.05, 0.1) is 6.17 Å². The van der Waals surface area contributed by atoms with Gasteiger partial charge in [-0.25, -0.2) is 0 Å². The molecule has 0 spiro atoms. The van der Waals surface area contributed by atoms with Crippen molar-refractivity contribution in [1.82, 2.24) is 10.6 Å². The number of allylic oxidation sites excluding steroid dienone is 1. The van der Waals surface area contributed by atoms with E-state index in [-0.39, 0.29) is 6.17 Å².